The highest BCUT2D eigenvalue weighted by Crippen LogP contribution is 2.22. The van der Waals surface area contributed by atoms with Gasteiger partial charge in [0.1, 0.15) is 0 Å². The lowest BCUT2D eigenvalue weighted by atomic mass is 9.94. The third kappa shape index (κ3) is 2.10. The van der Waals surface area contributed by atoms with Crippen LogP contribution in [0.1, 0.15) is 17.0 Å². The minimum Gasteiger partial charge on any atom is -0.393 e. The van der Waals surface area contributed by atoms with Crippen LogP contribution in [0, 0.1) is 12.8 Å². The van der Waals surface area contributed by atoms with E-state index in [4.69, 9.17) is 4.74 Å². The molecular formula is C9H14N2O2S. The van der Waals surface area contributed by atoms with Crippen molar-refractivity contribution in [3.05, 3.63) is 10.6 Å². The molecule has 0 spiro atoms. The lowest BCUT2D eigenvalue weighted by molar-refractivity contribution is -0.0348. The summed E-state index contributed by atoms with van der Waals surface area (Å²) in [7, 11) is 0. The van der Waals surface area contributed by atoms with Crippen molar-refractivity contribution in [1.82, 2.24) is 9.59 Å². The maximum Gasteiger partial charge on any atom is 0.0756 e. The fraction of sp³-hybridized carbons (Fsp3) is 0.778. The van der Waals surface area contributed by atoms with Gasteiger partial charge in [0.25, 0.3) is 0 Å². The van der Waals surface area contributed by atoms with E-state index < -0.39 is 0 Å². The fourth-order valence-corrected chi connectivity index (χ4v) is 2.38. The van der Waals surface area contributed by atoms with Crippen LogP contribution in [0.15, 0.2) is 0 Å². The molecule has 1 N–H and O–H groups in total. The number of aryl methyl sites for hydroxylation is 1. The van der Waals surface area contributed by atoms with Crippen molar-refractivity contribution in [2.75, 3.05) is 13.2 Å². The Morgan fingerprint density at radius 3 is 3.14 bits per heavy atom. The molecule has 0 saturated carbocycles. The zero-order valence-electron chi connectivity index (χ0n) is 8.14. The second-order valence-corrected chi connectivity index (χ2v) is 4.52. The van der Waals surface area contributed by atoms with Crippen LogP contribution in [-0.2, 0) is 11.2 Å². The molecule has 2 atom stereocenters. The summed E-state index contributed by atoms with van der Waals surface area (Å²) in [5.74, 6) is 0.213. The number of nitrogens with zero attached hydrogens (tertiary/aromatic N) is 2. The normalized spacial score (nSPS) is 27.9. The van der Waals surface area contributed by atoms with E-state index in [1.54, 1.807) is 0 Å². The number of hydrogen-bond acceptors (Lipinski definition) is 5. The van der Waals surface area contributed by atoms with Crippen molar-refractivity contribution < 1.29 is 9.84 Å². The summed E-state index contributed by atoms with van der Waals surface area (Å²) in [6.45, 7) is 3.28. The van der Waals surface area contributed by atoms with Crippen LogP contribution in [0.5, 0.6) is 0 Å². The quantitative estimate of drug-likeness (QED) is 0.790. The maximum atomic E-state index is 9.74. The number of ether oxygens (including phenoxy) is 1. The molecule has 2 heterocycles. The highest BCUT2D eigenvalue weighted by molar-refractivity contribution is 7.05. The SMILES string of the molecule is Cc1nnsc1CC1COCCC1O. The highest BCUT2D eigenvalue weighted by Gasteiger charge is 2.25. The monoisotopic (exact) mass is 214 g/mol. The Labute approximate surface area is 87.1 Å². The van der Waals surface area contributed by atoms with Gasteiger partial charge < -0.3 is 9.84 Å². The molecule has 1 aliphatic rings. The molecule has 0 bridgehead atoms. The number of aromatic nitrogens is 2. The minimum atomic E-state index is -0.231. The molecule has 4 nitrogen and oxygen atoms in total. The minimum absolute atomic E-state index is 0.213. The average molecular weight is 214 g/mol. The highest BCUT2D eigenvalue weighted by atomic mass is 32.1. The molecule has 1 aromatic rings. The molecule has 1 aromatic heterocycles. The van der Waals surface area contributed by atoms with Crippen LogP contribution in [0.4, 0.5) is 0 Å². The van der Waals surface area contributed by atoms with E-state index in [0.29, 0.717) is 13.2 Å². The summed E-state index contributed by atoms with van der Waals surface area (Å²) < 4.78 is 9.23. The zero-order chi connectivity index (χ0) is 9.97. The molecule has 0 aliphatic carbocycles. The summed E-state index contributed by atoms with van der Waals surface area (Å²) in [5.41, 5.74) is 0.979. The van der Waals surface area contributed by atoms with E-state index in [2.05, 4.69) is 9.59 Å². The molecule has 5 heteroatoms. The molecule has 0 amide bonds. The van der Waals surface area contributed by atoms with Crippen LogP contribution in [0.2, 0.25) is 0 Å². The third-order valence-corrected chi connectivity index (χ3v) is 3.47. The van der Waals surface area contributed by atoms with Gasteiger partial charge in [0.2, 0.25) is 0 Å². The van der Waals surface area contributed by atoms with Gasteiger partial charge in [-0.05, 0) is 31.3 Å². The molecular weight excluding hydrogens is 200 g/mol. The van der Waals surface area contributed by atoms with Crippen LogP contribution in [-0.4, -0.2) is 34.0 Å². The Morgan fingerprint density at radius 1 is 1.64 bits per heavy atom. The maximum absolute atomic E-state index is 9.74. The second kappa shape index (κ2) is 4.33. The van der Waals surface area contributed by atoms with Gasteiger partial charge >= 0.3 is 0 Å². The average Bonchev–Trinajstić information content (AvgIpc) is 2.56. The van der Waals surface area contributed by atoms with E-state index in [1.807, 2.05) is 6.92 Å². The summed E-state index contributed by atoms with van der Waals surface area (Å²) in [5, 5.41) is 13.7. The molecule has 0 radical (unpaired) electrons. The first-order valence-electron chi connectivity index (χ1n) is 4.81. The van der Waals surface area contributed by atoms with E-state index in [9.17, 15) is 5.11 Å². The summed E-state index contributed by atoms with van der Waals surface area (Å²) >= 11 is 1.42. The number of hydrogen-bond donors (Lipinski definition) is 1. The predicted octanol–water partition coefficient (Wildman–Crippen LogP) is 0.786. The Morgan fingerprint density at radius 2 is 2.50 bits per heavy atom. The number of rotatable bonds is 2. The van der Waals surface area contributed by atoms with Gasteiger partial charge in [0.05, 0.1) is 18.4 Å². The molecule has 1 fully saturated rings. The molecule has 1 aliphatic heterocycles. The van der Waals surface area contributed by atoms with Crippen molar-refractivity contribution in [1.29, 1.82) is 0 Å². The Balaban J connectivity index is 1.99. The third-order valence-electron chi connectivity index (χ3n) is 2.63. The van der Waals surface area contributed by atoms with Gasteiger partial charge in [-0.1, -0.05) is 4.49 Å². The van der Waals surface area contributed by atoms with Crippen molar-refractivity contribution in [2.24, 2.45) is 5.92 Å². The van der Waals surface area contributed by atoms with Gasteiger partial charge in [0.15, 0.2) is 0 Å². The van der Waals surface area contributed by atoms with Crippen LogP contribution in [0.25, 0.3) is 0 Å². The van der Waals surface area contributed by atoms with Gasteiger partial charge in [-0.25, -0.2) is 0 Å². The molecule has 14 heavy (non-hydrogen) atoms. The summed E-state index contributed by atoms with van der Waals surface area (Å²) in [4.78, 5) is 1.17. The zero-order valence-corrected chi connectivity index (χ0v) is 8.96. The lowest BCUT2D eigenvalue weighted by Crippen LogP contribution is -2.33. The first kappa shape index (κ1) is 10.0. The summed E-state index contributed by atoms with van der Waals surface area (Å²) in [6.07, 6.45) is 1.35. The first-order chi connectivity index (χ1) is 6.77. The van der Waals surface area contributed by atoms with E-state index in [0.717, 1.165) is 18.5 Å². The molecule has 0 aromatic carbocycles. The standard InChI is InChI=1S/C9H14N2O2S/c1-6-9(14-11-10-6)4-7-5-13-3-2-8(7)12/h7-8,12H,2-5H2,1H3. The molecule has 2 unspecified atom stereocenters. The largest absolute Gasteiger partial charge is 0.393 e. The Hall–Kier alpha value is -0.520. The number of aliphatic hydroxyl groups excluding tert-OH is 1. The van der Waals surface area contributed by atoms with Gasteiger partial charge in [0, 0.05) is 17.4 Å². The van der Waals surface area contributed by atoms with Crippen LogP contribution < -0.4 is 0 Å². The number of aliphatic hydroxyl groups is 1. The van der Waals surface area contributed by atoms with Gasteiger partial charge in [-0.2, -0.15) is 0 Å². The molecule has 78 valence electrons. The van der Waals surface area contributed by atoms with E-state index >= 15 is 0 Å². The van der Waals surface area contributed by atoms with Crippen LogP contribution in [0.3, 0.4) is 0 Å². The van der Waals surface area contributed by atoms with E-state index in [-0.39, 0.29) is 12.0 Å². The van der Waals surface area contributed by atoms with E-state index in [1.165, 1.54) is 16.4 Å². The second-order valence-electron chi connectivity index (χ2n) is 3.68. The fourth-order valence-electron chi connectivity index (χ4n) is 1.66. The van der Waals surface area contributed by atoms with Gasteiger partial charge in [-0.15, -0.1) is 5.10 Å². The van der Waals surface area contributed by atoms with Crippen molar-refractivity contribution in [2.45, 2.75) is 25.9 Å². The Bertz CT molecular complexity index is 303. The van der Waals surface area contributed by atoms with Crippen molar-refractivity contribution in [3.8, 4) is 0 Å². The topological polar surface area (TPSA) is 55.2 Å². The van der Waals surface area contributed by atoms with Crippen molar-refractivity contribution >= 4 is 11.5 Å². The van der Waals surface area contributed by atoms with Gasteiger partial charge in [-0.3, -0.25) is 0 Å². The smallest absolute Gasteiger partial charge is 0.0756 e. The first-order valence-corrected chi connectivity index (χ1v) is 5.58. The van der Waals surface area contributed by atoms with Crippen LogP contribution >= 0.6 is 11.5 Å². The lowest BCUT2D eigenvalue weighted by Gasteiger charge is -2.27. The molecule has 2 rings (SSSR count). The summed E-state index contributed by atoms with van der Waals surface area (Å²) in [6, 6.07) is 0. The molecule has 1 saturated heterocycles. The Kier molecular flexibility index (Phi) is 3.10. The van der Waals surface area contributed by atoms with Crippen molar-refractivity contribution in [3.63, 3.8) is 0 Å². The predicted molar refractivity (Wildman–Crippen MR) is 53.3 cm³/mol.